The van der Waals surface area contributed by atoms with Gasteiger partial charge in [-0.15, -0.1) is 0 Å². The standard InChI is InChI=1S/C18H27NO2/c1-4-15-5-7-17(8-6-15)18(20)14(2)19(3)13-16-9-11-21-12-10-16/h5-8,14,16H,4,9-13H2,1-3H3. The molecule has 1 aliphatic heterocycles. The molecule has 1 fully saturated rings. The van der Waals surface area contributed by atoms with Crippen LogP contribution in [0.15, 0.2) is 24.3 Å². The number of ether oxygens (including phenoxy) is 1. The number of aryl methyl sites for hydroxylation is 1. The maximum Gasteiger partial charge on any atom is 0.179 e. The summed E-state index contributed by atoms with van der Waals surface area (Å²) < 4.78 is 5.39. The number of hydrogen-bond donors (Lipinski definition) is 0. The molecule has 1 unspecified atom stereocenters. The fraction of sp³-hybridized carbons (Fsp3) is 0.611. The Morgan fingerprint density at radius 2 is 1.90 bits per heavy atom. The Hall–Kier alpha value is -1.19. The zero-order valence-corrected chi connectivity index (χ0v) is 13.5. The normalized spacial score (nSPS) is 17.9. The maximum absolute atomic E-state index is 12.6. The first-order chi connectivity index (χ1) is 10.1. The highest BCUT2D eigenvalue weighted by atomic mass is 16.5. The van der Waals surface area contributed by atoms with E-state index in [0.717, 1.165) is 44.6 Å². The summed E-state index contributed by atoms with van der Waals surface area (Å²) in [5.74, 6) is 0.869. The highest BCUT2D eigenvalue weighted by molar-refractivity contribution is 5.99. The third-order valence-corrected chi connectivity index (χ3v) is 4.57. The number of rotatable bonds is 6. The van der Waals surface area contributed by atoms with E-state index < -0.39 is 0 Å². The number of hydrogen-bond acceptors (Lipinski definition) is 3. The van der Waals surface area contributed by atoms with Gasteiger partial charge >= 0.3 is 0 Å². The molecule has 0 amide bonds. The molecule has 0 radical (unpaired) electrons. The molecule has 1 atom stereocenters. The lowest BCUT2D eigenvalue weighted by Gasteiger charge is -2.30. The molecule has 21 heavy (non-hydrogen) atoms. The van der Waals surface area contributed by atoms with Crippen LogP contribution in [0.3, 0.4) is 0 Å². The van der Waals surface area contributed by atoms with Crippen LogP contribution in [0.25, 0.3) is 0 Å². The van der Waals surface area contributed by atoms with Crippen molar-refractivity contribution in [3.8, 4) is 0 Å². The SMILES string of the molecule is CCc1ccc(C(=O)C(C)N(C)CC2CCOCC2)cc1. The molecule has 0 aliphatic carbocycles. The first-order valence-electron chi connectivity index (χ1n) is 8.03. The molecular formula is C18H27NO2. The molecule has 3 heteroatoms. The van der Waals surface area contributed by atoms with E-state index in [1.54, 1.807) is 0 Å². The Kier molecular flexibility index (Phi) is 5.95. The minimum atomic E-state index is -0.0691. The summed E-state index contributed by atoms with van der Waals surface area (Å²) >= 11 is 0. The van der Waals surface area contributed by atoms with Gasteiger partial charge in [-0.1, -0.05) is 31.2 Å². The second-order valence-corrected chi connectivity index (χ2v) is 6.09. The van der Waals surface area contributed by atoms with Crippen molar-refractivity contribution < 1.29 is 9.53 Å². The van der Waals surface area contributed by atoms with Crippen LogP contribution in [0, 0.1) is 5.92 Å². The van der Waals surface area contributed by atoms with Crippen LogP contribution >= 0.6 is 0 Å². The Morgan fingerprint density at radius 1 is 1.29 bits per heavy atom. The molecule has 1 saturated heterocycles. The van der Waals surface area contributed by atoms with Crippen molar-refractivity contribution in [3.63, 3.8) is 0 Å². The van der Waals surface area contributed by atoms with Gasteiger partial charge in [-0.2, -0.15) is 0 Å². The first kappa shape index (κ1) is 16.2. The minimum absolute atomic E-state index is 0.0691. The summed E-state index contributed by atoms with van der Waals surface area (Å²) in [6, 6.07) is 7.96. The largest absolute Gasteiger partial charge is 0.381 e. The van der Waals surface area contributed by atoms with E-state index in [4.69, 9.17) is 4.74 Å². The highest BCUT2D eigenvalue weighted by Crippen LogP contribution is 2.18. The number of likely N-dealkylation sites (N-methyl/N-ethyl adjacent to an activating group) is 1. The van der Waals surface area contributed by atoms with E-state index in [0.29, 0.717) is 5.92 Å². The summed E-state index contributed by atoms with van der Waals surface area (Å²) in [6.45, 7) is 6.83. The summed E-state index contributed by atoms with van der Waals surface area (Å²) in [6.07, 6.45) is 3.22. The summed E-state index contributed by atoms with van der Waals surface area (Å²) in [5, 5.41) is 0. The summed E-state index contributed by atoms with van der Waals surface area (Å²) in [7, 11) is 2.05. The molecule has 0 bridgehead atoms. The van der Waals surface area contributed by atoms with E-state index >= 15 is 0 Å². The van der Waals surface area contributed by atoms with E-state index in [-0.39, 0.29) is 11.8 Å². The van der Waals surface area contributed by atoms with Gasteiger partial charge in [0.1, 0.15) is 0 Å². The van der Waals surface area contributed by atoms with E-state index in [1.165, 1.54) is 5.56 Å². The number of carbonyl (C=O) groups excluding carboxylic acids is 1. The van der Waals surface area contributed by atoms with Crippen LogP contribution in [0.4, 0.5) is 0 Å². The van der Waals surface area contributed by atoms with Gasteiger partial charge in [-0.3, -0.25) is 9.69 Å². The average Bonchev–Trinajstić information content (AvgIpc) is 2.54. The molecule has 116 valence electrons. The Labute approximate surface area is 128 Å². The van der Waals surface area contributed by atoms with Gasteiger partial charge in [0.2, 0.25) is 0 Å². The fourth-order valence-corrected chi connectivity index (χ4v) is 2.84. The highest BCUT2D eigenvalue weighted by Gasteiger charge is 2.23. The molecule has 3 nitrogen and oxygen atoms in total. The molecule has 1 heterocycles. The predicted octanol–water partition coefficient (Wildman–Crippen LogP) is 3.18. The third kappa shape index (κ3) is 4.39. The van der Waals surface area contributed by atoms with Crippen LogP contribution in [-0.2, 0) is 11.2 Å². The lowest BCUT2D eigenvalue weighted by molar-refractivity contribution is 0.0497. The number of Topliss-reactive ketones (excluding diaryl/α,β-unsaturated/α-hetero) is 1. The molecule has 0 spiro atoms. The van der Waals surface area contributed by atoms with Gasteiger partial charge in [0.05, 0.1) is 6.04 Å². The monoisotopic (exact) mass is 289 g/mol. The van der Waals surface area contributed by atoms with E-state index in [2.05, 4.69) is 31.0 Å². The average molecular weight is 289 g/mol. The van der Waals surface area contributed by atoms with E-state index in [9.17, 15) is 4.79 Å². The van der Waals surface area contributed by atoms with Crippen molar-refractivity contribution in [2.75, 3.05) is 26.8 Å². The van der Waals surface area contributed by atoms with Crippen LogP contribution in [0.5, 0.6) is 0 Å². The zero-order chi connectivity index (χ0) is 15.2. The quantitative estimate of drug-likeness (QED) is 0.753. The topological polar surface area (TPSA) is 29.5 Å². The fourth-order valence-electron chi connectivity index (χ4n) is 2.84. The van der Waals surface area contributed by atoms with Gasteiger partial charge in [-0.05, 0) is 44.7 Å². The number of ketones is 1. The first-order valence-corrected chi connectivity index (χ1v) is 8.03. The molecule has 2 rings (SSSR count). The smallest absolute Gasteiger partial charge is 0.179 e. The lowest BCUT2D eigenvalue weighted by atomic mass is 9.97. The second-order valence-electron chi connectivity index (χ2n) is 6.09. The molecule has 0 saturated carbocycles. The van der Waals surface area contributed by atoms with Gasteiger partial charge in [0, 0.05) is 25.3 Å². The van der Waals surface area contributed by atoms with Gasteiger partial charge in [-0.25, -0.2) is 0 Å². The van der Waals surface area contributed by atoms with E-state index in [1.807, 2.05) is 19.1 Å². The number of benzene rings is 1. The minimum Gasteiger partial charge on any atom is -0.381 e. The maximum atomic E-state index is 12.6. The third-order valence-electron chi connectivity index (χ3n) is 4.57. The van der Waals surface area contributed by atoms with Crippen molar-refractivity contribution in [1.29, 1.82) is 0 Å². The van der Waals surface area contributed by atoms with Crippen LogP contribution < -0.4 is 0 Å². The molecule has 1 aliphatic rings. The van der Waals surface area contributed by atoms with Crippen LogP contribution in [-0.4, -0.2) is 43.5 Å². The van der Waals surface area contributed by atoms with Crippen molar-refractivity contribution in [3.05, 3.63) is 35.4 Å². The molecular weight excluding hydrogens is 262 g/mol. The van der Waals surface area contributed by atoms with Crippen molar-refractivity contribution >= 4 is 5.78 Å². The van der Waals surface area contributed by atoms with Gasteiger partial charge < -0.3 is 4.74 Å². The van der Waals surface area contributed by atoms with Gasteiger partial charge in [0.25, 0.3) is 0 Å². The number of nitrogens with zero attached hydrogens (tertiary/aromatic N) is 1. The number of carbonyl (C=O) groups is 1. The van der Waals surface area contributed by atoms with Crippen LogP contribution in [0.1, 0.15) is 42.6 Å². The van der Waals surface area contributed by atoms with Crippen LogP contribution in [0.2, 0.25) is 0 Å². The zero-order valence-electron chi connectivity index (χ0n) is 13.5. The van der Waals surface area contributed by atoms with Gasteiger partial charge in [0.15, 0.2) is 5.78 Å². The summed E-state index contributed by atoms with van der Waals surface area (Å²) in [4.78, 5) is 14.7. The predicted molar refractivity (Wildman–Crippen MR) is 85.8 cm³/mol. The Bertz CT molecular complexity index is 449. The summed E-state index contributed by atoms with van der Waals surface area (Å²) in [5.41, 5.74) is 2.09. The molecule has 1 aromatic carbocycles. The molecule has 0 aromatic heterocycles. The second kappa shape index (κ2) is 7.71. The van der Waals surface area contributed by atoms with Crippen molar-refractivity contribution in [1.82, 2.24) is 4.90 Å². The van der Waals surface area contributed by atoms with Crippen molar-refractivity contribution in [2.45, 2.75) is 39.2 Å². The molecule has 1 aromatic rings. The Balaban J connectivity index is 1.93. The van der Waals surface area contributed by atoms with Crippen molar-refractivity contribution in [2.24, 2.45) is 5.92 Å². The lowest BCUT2D eigenvalue weighted by Crippen LogP contribution is -2.40. The Morgan fingerprint density at radius 3 is 2.48 bits per heavy atom. The molecule has 0 N–H and O–H groups in total.